The smallest absolute Gasteiger partial charge is 0.480 e. The van der Waals surface area contributed by atoms with E-state index < -0.39 is 60.7 Å². The van der Waals surface area contributed by atoms with Crippen LogP contribution >= 0.6 is 23.5 Å². The quantitative estimate of drug-likeness (QED) is 0.151. The van der Waals surface area contributed by atoms with Crippen molar-refractivity contribution in [2.75, 3.05) is 13.2 Å². The van der Waals surface area contributed by atoms with Crippen LogP contribution in [0.2, 0.25) is 0 Å². The van der Waals surface area contributed by atoms with Crippen molar-refractivity contribution < 1.29 is 71.3 Å². The Balaban J connectivity index is 0. The fourth-order valence-corrected chi connectivity index (χ4v) is 2.62. The number of phosphoric acid groups is 3. The first-order chi connectivity index (χ1) is 11.4. The Morgan fingerprint density at radius 3 is 1.38 bits per heavy atom. The minimum absolute atomic E-state index is 0.709. The van der Waals surface area contributed by atoms with Gasteiger partial charge in [-0.25, -0.2) is 13.7 Å². The summed E-state index contributed by atoms with van der Waals surface area (Å²) in [6.45, 7) is -1.64. The first-order valence-electron chi connectivity index (χ1n) is 5.77. The van der Waals surface area contributed by atoms with E-state index >= 15 is 0 Å². The second kappa shape index (κ2) is 11.2. The van der Waals surface area contributed by atoms with Gasteiger partial charge >= 0.3 is 35.4 Å². The van der Waals surface area contributed by atoms with E-state index in [2.05, 4.69) is 13.4 Å². The van der Waals surface area contributed by atoms with Crippen LogP contribution in [0, 0.1) is 0 Å². The highest BCUT2D eigenvalue weighted by Crippen LogP contribution is 2.57. The first kappa shape index (κ1) is 27.4. The molecule has 0 aromatic rings. The molecule has 0 spiro atoms. The molecule has 0 radical (unpaired) electrons. The minimum Gasteiger partial charge on any atom is -0.480 e. The molecule has 0 rings (SSSR count). The van der Waals surface area contributed by atoms with Gasteiger partial charge in [0.15, 0.2) is 0 Å². The van der Waals surface area contributed by atoms with Crippen molar-refractivity contribution in [1.82, 2.24) is 0 Å². The van der Waals surface area contributed by atoms with Gasteiger partial charge in [-0.1, -0.05) is 0 Å². The Labute approximate surface area is 144 Å². The molecule has 0 bridgehead atoms. The molecule has 17 nitrogen and oxygen atoms in total. The maximum Gasteiger partial charge on any atom is 0.481 e. The minimum atomic E-state index is -5.20. The fraction of sp³-hybridized carbons (Fsp3) is 0.667. The van der Waals surface area contributed by atoms with Crippen LogP contribution in [-0.4, -0.2) is 71.9 Å². The van der Waals surface area contributed by atoms with Gasteiger partial charge in [-0.3, -0.25) is 18.6 Å². The van der Waals surface area contributed by atoms with E-state index in [1.54, 1.807) is 0 Å². The van der Waals surface area contributed by atoms with Crippen molar-refractivity contribution in [2.45, 2.75) is 12.1 Å². The van der Waals surface area contributed by atoms with Gasteiger partial charge in [0.1, 0.15) is 12.1 Å². The standard InChI is InChI=1S/C3H9NO9P2.C3H8NO6P/c4-2(3(5)6)1-12-15(10,11)13-14(7,8)9;4-2(3(5)6)1-10-11(7,8)9/h2H,1,4H2,(H,5,6)(H,10,11)(H2,7,8,9);2H,1,4H2,(H,5,6)(H2,7,8,9)/t2*2-/m00/s1. The number of carboxylic acid groups (broad SMARTS) is 2. The molecule has 0 saturated carbocycles. The van der Waals surface area contributed by atoms with Gasteiger partial charge in [0.05, 0.1) is 13.2 Å². The highest BCUT2D eigenvalue weighted by atomic mass is 31.3. The summed E-state index contributed by atoms with van der Waals surface area (Å²) in [5, 5.41) is 16.4. The number of carboxylic acids is 2. The molecule has 1 unspecified atom stereocenters. The molecule has 156 valence electrons. The number of phosphoric ester groups is 2. The highest BCUT2D eigenvalue weighted by Gasteiger charge is 2.33. The Bertz CT molecular complexity index is 611. The summed E-state index contributed by atoms with van der Waals surface area (Å²) >= 11 is 0. The third-order valence-corrected chi connectivity index (χ3v) is 4.32. The summed E-state index contributed by atoms with van der Waals surface area (Å²) in [4.78, 5) is 61.2. The van der Waals surface area contributed by atoms with E-state index in [1.807, 2.05) is 0 Å². The molecule has 0 amide bonds. The fourth-order valence-electron chi connectivity index (χ4n) is 0.652. The predicted molar refractivity (Wildman–Crippen MR) is 78.1 cm³/mol. The summed E-state index contributed by atoms with van der Waals surface area (Å²) in [6.07, 6.45) is 0. The Hall–Kier alpha value is -0.770. The lowest BCUT2D eigenvalue weighted by atomic mass is 10.3. The van der Waals surface area contributed by atoms with Crippen LogP contribution in [-0.2, 0) is 36.6 Å². The van der Waals surface area contributed by atoms with Gasteiger partial charge in [0, 0.05) is 0 Å². The summed E-state index contributed by atoms with van der Waals surface area (Å²) in [5.41, 5.74) is 9.74. The molecular formula is C6H17N2O15P3. The zero-order valence-corrected chi connectivity index (χ0v) is 15.1. The van der Waals surface area contributed by atoms with Crippen molar-refractivity contribution in [2.24, 2.45) is 11.5 Å². The third-order valence-electron chi connectivity index (χ3n) is 1.68. The highest BCUT2D eigenvalue weighted by molar-refractivity contribution is 7.60. The molecule has 0 aliphatic heterocycles. The van der Waals surface area contributed by atoms with Crippen molar-refractivity contribution in [3.8, 4) is 0 Å². The molecule has 0 aromatic carbocycles. The van der Waals surface area contributed by atoms with E-state index in [1.165, 1.54) is 0 Å². The first-order valence-corrected chi connectivity index (χ1v) is 10.3. The second-order valence-electron chi connectivity index (χ2n) is 4.01. The van der Waals surface area contributed by atoms with Crippen LogP contribution in [0.4, 0.5) is 0 Å². The molecule has 3 atom stereocenters. The lowest BCUT2D eigenvalue weighted by molar-refractivity contribution is -0.140. The summed E-state index contributed by atoms with van der Waals surface area (Å²) < 4.78 is 41.9. The number of nitrogens with two attached hydrogens (primary N) is 2. The number of aliphatic carboxylic acids is 2. The van der Waals surface area contributed by atoms with E-state index in [4.69, 9.17) is 46.1 Å². The van der Waals surface area contributed by atoms with Gasteiger partial charge in [0.2, 0.25) is 0 Å². The van der Waals surface area contributed by atoms with Crippen molar-refractivity contribution in [1.29, 1.82) is 0 Å². The molecule has 0 aliphatic rings. The molecule has 0 saturated heterocycles. The number of carbonyl (C=O) groups is 2. The van der Waals surface area contributed by atoms with E-state index in [-0.39, 0.29) is 0 Å². The predicted octanol–water partition coefficient (Wildman–Crippen LogP) is -2.87. The lowest BCUT2D eigenvalue weighted by Crippen LogP contribution is -2.34. The van der Waals surface area contributed by atoms with E-state index in [0.29, 0.717) is 0 Å². The Kier molecular flexibility index (Phi) is 11.8. The van der Waals surface area contributed by atoms with Crippen LogP contribution in [0.25, 0.3) is 0 Å². The van der Waals surface area contributed by atoms with Crippen LogP contribution in [0.1, 0.15) is 0 Å². The van der Waals surface area contributed by atoms with Crippen LogP contribution in [0.3, 0.4) is 0 Å². The maximum atomic E-state index is 10.7. The van der Waals surface area contributed by atoms with Crippen LogP contribution < -0.4 is 11.5 Å². The Morgan fingerprint density at radius 1 is 0.769 bits per heavy atom. The maximum absolute atomic E-state index is 10.7. The average molecular weight is 450 g/mol. The van der Waals surface area contributed by atoms with Gasteiger partial charge in [-0.05, 0) is 0 Å². The normalized spacial score (nSPS) is 16.6. The molecular weight excluding hydrogens is 433 g/mol. The monoisotopic (exact) mass is 450 g/mol. The van der Waals surface area contributed by atoms with Crippen molar-refractivity contribution in [3.05, 3.63) is 0 Å². The largest absolute Gasteiger partial charge is 0.481 e. The van der Waals surface area contributed by atoms with Crippen molar-refractivity contribution in [3.63, 3.8) is 0 Å². The molecule has 20 heteroatoms. The van der Waals surface area contributed by atoms with E-state index in [9.17, 15) is 23.3 Å². The van der Waals surface area contributed by atoms with Gasteiger partial charge in [0.25, 0.3) is 0 Å². The zero-order valence-electron chi connectivity index (χ0n) is 12.5. The topological polar surface area (TPSA) is 307 Å². The summed E-state index contributed by atoms with van der Waals surface area (Å²) in [5.74, 6) is -2.88. The second-order valence-corrected chi connectivity index (χ2v) is 8.08. The number of hydrogen-bond acceptors (Lipinski definition) is 10. The number of hydrogen-bond donors (Lipinski definition) is 9. The average Bonchev–Trinajstić information content (AvgIpc) is 2.39. The third kappa shape index (κ3) is 18.0. The molecule has 0 aromatic heterocycles. The van der Waals surface area contributed by atoms with Crippen molar-refractivity contribution >= 4 is 35.4 Å². The lowest BCUT2D eigenvalue weighted by Gasteiger charge is -2.13. The summed E-state index contributed by atoms with van der Waals surface area (Å²) in [6, 6.07) is -3.02. The molecule has 0 fully saturated rings. The number of rotatable bonds is 10. The molecule has 11 N–H and O–H groups in total. The van der Waals surface area contributed by atoms with Gasteiger partial charge in [-0.2, -0.15) is 4.31 Å². The van der Waals surface area contributed by atoms with Gasteiger partial charge < -0.3 is 46.1 Å². The molecule has 0 aliphatic carbocycles. The molecule has 0 heterocycles. The summed E-state index contributed by atoms with van der Waals surface area (Å²) in [7, 11) is -14.8. The molecule has 26 heavy (non-hydrogen) atoms. The Morgan fingerprint density at radius 2 is 1.12 bits per heavy atom. The van der Waals surface area contributed by atoms with Crippen LogP contribution in [0.15, 0.2) is 0 Å². The van der Waals surface area contributed by atoms with Crippen LogP contribution in [0.5, 0.6) is 0 Å². The SMILES string of the molecule is N[C@@H](COP(=O)(O)O)C(=O)O.N[C@@H](COP(=O)(O)OP(=O)(O)O)C(=O)O. The zero-order chi connectivity index (χ0) is 21.3. The van der Waals surface area contributed by atoms with Gasteiger partial charge in [-0.15, -0.1) is 0 Å². The van der Waals surface area contributed by atoms with E-state index in [0.717, 1.165) is 0 Å².